The van der Waals surface area contributed by atoms with E-state index in [9.17, 15) is 0 Å². The third-order valence-electron chi connectivity index (χ3n) is 2.47. The van der Waals surface area contributed by atoms with E-state index < -0.39 is 0 Å². The summed E-state index contributed by atoms with van der Waals surface area (Å²) in [5, 5.41) is 3.23. The number of hydrogen-bond acceptors (Lipinski definition) is 3. The lowest BCUT2D eigenvalue weighted by molar-refractivity contribution is 0.816. The Morgan fingerprint density at radius 3 is 2.81 bits per heavy atom. The highest BCUT2D eigenvalue weighted by molar-refractivity contribution is 5.79. The monoisotopic (exact) mass is 219 g/mol. The predicted molar refractivity (Wildman–Crippen MR) is 63.7 cm³/mol. The Hall–Kier alpha value is -1.62. The average Bonchev–Trinajstić information content (AvgIpc) is 3.13. The van der Waals surface area contributed by atoms with Crippen molar-refractivity contribution in [3.05, 3.63) is 30.1 Å². The molecule has 1 aliphatic rings. The van der Waals surface area contributed by atoms with Crippen LogP contribution in [0.5, 0.6) is 0 Å². The molecule has 1 aromatic heterocycles. The van der Waals surface area contributed by atoms with Gasteiger partial charge in [-0.15, -0.1) is 0 Å². The standard InChI is InChI=1S/C11H17N5/c12-16-11(15-10-1-2-10)14-8-5-9-3-6-13-7-4-9/h3-4,6-7,10H,1-2,5,8,12H2,(H2,14,15,16). The van der Waals surface area contributed by atoms with Gasteiger partial charge in [0.2, 0.25) is 5.96 Å². The molecule has 2 rings (SSSR count). The van der Waals surface area contributed by atoms with E-state index in [2.05, 4.69) is 20.7 Å². The quantitative estimate of drug-likeness (QED) is 0.292. The zero-order valence-corrected chi connectivity index (χ0v) is 9.19. The SMILES string of the molecule is NNC(=NCCc1ccncc1)NC1CC1. The van der Waals surface area contributed by atoms with E-state index in [0.29, 0.717) is 12.0 Å². The number of aromatic nitrogens is 1. The zero-order chi connectivity index (χ0) is 11.2. The van der Waals surface area contributed by atoms with Gasteiger partial charge in [0.1, 0.15) is 0 Å². The Morgan fingerprint density at radius 2 is 2.19 bits per heavy atom. The van der Waals surface area contributed by atoms with Gasteiger partial charge in [-0.25, -0.2) is 5.84 Å². The van der Waals surface area contributed by atoms with Crippen molar-refractivity contribution in [2.24, 2.45) is 10.8 Å². The molecule has 0 atom stereocenters. The van der Waals surface area contributed by atoms with Crippen LogP contribution in [0.4, 0.5) is 0 Å². The third-order valence-corrected chi connectivity index (χ3v) is 2.47. The number of hydrogen-bond donors (Lipinski definition) is 3. The van der Waals surface area contributed by atoms with Crippen LogP contribution < -0.4 is 16.6 Å². The Bertz CT molecular complexity index is 345. The van der Waals surface area contributed by atoms with Gasteiger partial charge < -0.3 is 5.32 Å². The largest absolute Gasteiger partial charge is 0.353 e. The van der Waals surface area contributed by atoms with E-state index in [0.717, 1.165) is 13.0 Å². The summed E-state index contributed by atoms with van der Waals surface area (Å²) in [5.41, 5.74) is 3.82. The highest BCUT2D eigenvalue weighted by Crippen LogP contribution is 2.18. The van der Waals surface area contributed by atoms with Crippen molar-refractivity contribution < 1.29 is 0 Å². The van der Waals surface area contributed by atoms with Crippen LogP contribution in [-0.4, -0.2) is 23.5 Å². The summed E-state index contributed by atoms with van der Waals surface area (Å²) in [4.78, 5) is 8.34. The van der Waals surface area contributed by atoms with Crippen molar-refractivity contribution in [3.8, 4) is 0 Å². The molecule has 0 aromatic carbocycles. The van der Waals surface area contributed by atoms with Crippen LogP contribution in [0, 0.1) is 0 Å². The number of hydrazine groups is 1. The van der Waals surface area contributed by atoms with Crippen LogP contribution in [0.15, 0.2) is 29.5 Å². The number of aliphatic imine (C=N–C) groups is 1. The highest BCUT2D eigenvalue weighted by atomic mass is 15.3. The highest BCUT2D eigenvalue weighted by Gasteiger charge is 2.21. The predicted octanol–water partition coefficient (Wildman–Crippen LogP) is 0.195. The van der Waals surface area contributed by atoms with E-state index in [1.807, 2.05) is 12.1 Å². The van der Waals surface area contributed by atoms with Gasteiger partial charge >= 0.3 is 0 Å². The minimum atomic E-state index is 0.565. The van der Waals surface area contributed by atoms with Crippen LogP contribution in [0.3, 0.4) is 0 Å². The van der Waals surface area contributed by atoms with Crippen molar-refractivity contribution in [2.45, 2.75) is 25.3 Å². The van der Waals surface area contributed by atoms with E-state index in [-0.39, 0.29) is 0 Å². The molecule has 0 amide bonds. The molecular weight excluding hydrogens is 202 g/mol. The molecule has 1 aliphatic carbocycles. The first kappa shape index (κ1) is 10.9. The molecule has 4 N–H and O–H groups in total. The summed E-state index contributed by atoms with van der Waals surface area (Å²) in [7, 11) is 0. The molecule has 0 saturated heterocycles. The number of nitrogens with zero attached hydrogens (tertiary/aromatic N) is 2. The molecule has 1 heterocycles. The maximum absolute atomic E-state index is 5.38. The van der Waals surface area contributed by atoms with E-state index in [1.165, 1.54) is 18.4 Å². The Labute approximate surface area is 95.1 Å². The van der Waals surface area contributed by atoms with Crippen molar-refractivity contribution in [2.75, 3.05) is 6.54 Å². The van der Waals surface area contributed by atoms with Gasteiger partial charge in [0.05, 0.1) is 0 Å². The van der Waals surface area contributed by atoms with Gasteiger partial charge in [0, 0.05) is 25.0 Å². The number of nitrogens with one attached hydrogen (secondary N) is 2. The molecule has 5 heteroatoms. The zero-order valence-electron chi connectivity index (χ0n) is 9.19. The lowest BCUT2D eigenvalue weighted by atomic mass is 10.2. The molecule has 0 radical (unpaired) electrons. The van der Waals surface area contributed by atoms with Crippen LogP contribution >= 0.6 is 0 Å². The van der Waals surface area contributed by atoms with Gasteiger partial charge in [-0.3, -0.25) is 15.4 Å². The van der Waals surface area contributed by atoms with Gasteiger partial charge in [0.25, 0.3) is 0 Å². The summed E-state index contributed by atoms with van der Waals surface area (Å²) < 4.78 is 0. The molecule has 1 saturated carbocycles. The van der Waals surface area contributed by atoms with Gasteiger partial charge in [-0.1, -0.05) is 0 Å². The minimum absolute atomic E-state index is 0.565. The second kappa shape index (κ2) is 5.46. The summed E-state index contributed by atoms with van der Waals surface area (Å²) in [5.74, 6) is 6.07. The maximum Gasteiger partial charge on any atom is 0.205 e. The minimum Gasteiger partial charge on any atom is -0.353 e. The molecule has 0 bridgehead atoms. The van der Waals surface area contributed by atoms with Crippen LogP contribution in [0.2, 0.25) is 0 Å². The molecule has 1 aromatic rings. The van der Waals surface area contributed by atoms with Crippen LogP contribution in [0.1, 0.15) is 18.4 Å². The molecule has 16 heavy (non-hydrogen) atoms. The van der Waals surface area contributed by atoms with E-state index in [1.54, 1.807) is 12.4 Å². The first-order chi connectivity index (χ1) is 7.88. The molecule has 5 nitrogen and oxygen atoms in total. The lowest BCUT2D eigenvalue weighted by Crippen LogP contribution is -2.42. The van der Waals surface area contributed by atoms with Crippen LogP contribution in [-0.2, 0) is 6.42 Å². The van der Waals surface area contributed by atoms with Gasteiger partial charge in [-0.05, 0) is 37.0 Å². The normalized spacial score (nSPS) is 15.9. The molecule has 0 aliphatic heterocycles. The van der Waals surface area contributed by atoms with Crippen molar-refractivity contribution in [1.29, 1.82) is 0 Å². The number of guanidine groups is 1. The summed E-state index contributed by atoms with van der Waals surface area (Å²) in [6.45, 7) is 0.725. The topological polar surface area (TPSA) is 75.3 Å². The van der Waals surface area contributed by atoms with Crippen LogP contribution in [0.25, 0.3) is 0 Å². The van der Waals surface area contributed by atoms with Gasteiger partial charge in [0.15, 0.2) is 0 Å². The number of rotatable bonds is 4. The molecule has 0 unspecified atom stereocenters. The summed E-state index contributed by atoms with van der Waals surface area (Å²) >= 11 is 0. The fraction of sp³-hybridized carbons (Fsp3) is 0.455. The fourth-order valence-corrected chi connectivity index (χ4v) is 1.40. The number of nitrogens with two attached hydrogens (primary N) is 1. The fourth-order valence-electron chi connectivity index (χ4n) is 1.40. The second-order valence-corrected chi connectivity index (χ2v) is 3.90. The smallest absolute Gasteiger partial charge is 0.205 e. The first-order valence-electron chi connectivity index (χ1n) is 5.55. The van der Waals surface area contributed by atoms with E-state index in [4.69, 9.17) is 5.84 Å². The average molecular weight is 219 g/mol. The van der Waals surface area contributed by atoms with Gasteiger partial charge in [-0.2, -0.15) is 0 Å². The molecule has 0 spiro atoms. The Balaban J connectivity index is 1.78. The molecular formula is C11H17N5. The first-order valence-corrected chi connectivity index (χ1v) is 5.55. The maximum atomic E-state index is 5.38. The summed E-state index contributed by atoms with van der Waals surface area (Å²) in [6.07, 6.45) is 6.92. The third kappa shape index (κ3) is 3.51. The van der Waals surface area contributed by atoms with Crippen molar-refractivity contribution >= 4 is 5.96 Å². The molecule has 86 valence electrons. The number of pyridine rings is 1. The van der Waals surface area contributed by atoms with Crippen molar-refractivity contribution in [1.82, 2.24) is 15.7 Å². The Morgan fingerprint density at radius 1 is 1.44 bits per heavy atom. The van der Waals surface area contributed by atoms with E-state index >= 15 is 0 Å². The van der Waals surface area contributed by atoms with Crippen molar-refractivity contribution in [3.63, 3.8) is 0 Å². The summed E-state index contributed by atoms with van der Waals surface area (Å²) in [6, 6.07) is 4.56. The Kier molecular flexibility index (Phi) is 3.71. The molecule has 1 fully saturated rings. The lowest BCUT2D eigenvalue weighted by Gasteiger charge is -2.07. The second-order valence-electron chi connectivity index (χ2n) is 3.90.